The molecule has 1 fully saturated rings. The number of carbonyl (C=O) groups is 1. The van der Waals surface area contributed by atoms with Crippen molar-refractivity contribution in [2.45, 2.75) is 39.4 Å². The molecule has 0 radical (unpaired) electrons. The van der Waals surface area contributed by atoms with Crippen molar-refractivity contribution in [1.29, 1.82) is 0 Å². The molecule has 1 amide bonds. The summed E-state index contributed by atoms with van der Waals surface area (Å²) >= 11 is 0. The van der Waals surface area contributed by atoms with E-state index in [2.05, 4.69) is 45.9 Å². The molecule has 4 aromatic rings. The molecular formula is C30H35N9O2. The van der Waals surface area contributed by atoms with E-state index in [1.165, 1.54) is 16.6 Å². The summed E-state index contributed by atoms with van der Waals surface area (Å²) in [5.41, 5.74) is 3.08. The monoisotopic (exact) mass is 553 g/mol. The van der Waals surface area contributed by atoms with Crippen molar-refractivity contribution in [3.05, 3.63) is 76.9 Å². The summed E-state index contributed by atoms with van der Waals surface area (Å²) in [7, 11) is 2.15. The molecule has 2 aliphatic heterocycles. The number of benzene rings is 1. The number of pyridine rings is 1. The Bertz CT molecular complexity index is 1690. The molecule has 0 aliphatic carbocycles. The topological polar surface area (TPSA) is 104 Å². The molecule has 0 spiro atoms. The van der Waals surface area contributed by atoms with E-state index in [0.717, 1.165) is 37.4 Å². The highest BCUT2D eigenvalue weighted by molar-refractivity contribution is 5.97. The van der Waals surface area contributed by atoms with Crippen molar-refractivity contribution < 1.29 is 4.79 Å². The van der Waals surface area contributed by atoms with Gasteiger partial charge in [0.05, 0.1) is 6.54 Å². The largest absolute Gasteiger partial charge is 0.369 e. The number of nitrogens with zero attached hydrogens (tertiary/aromatic N) is 8. The Morgan fingerprint density at radius 2 is 1.73 bits per heavy atom. The van der Waals surface area contributed by atoms with Crippen molar-refractivity contribution in [1.82, 2.24) is 34.1 Å². The summed E-state index contributed by atoms with van der Waals surface area (Å²) in [6.07, 6.45) is 3.17. The van der Waals surface area contributed by atoms with Gasteiger partial charge in [-0.15, -0.1) is 6.58 Å². The van der Waals surface area contributed by atoms with Gasteiger partial charge in [-0.1, -0.05) is 12.1 Å². The first kappa shape index (κ1) is 26.7. The second-order valence-electron chi connectivity index (χ2n) is 11.6. The predicted octanol–water partition coefficient (Wildman–Crippen LogP) is 3.41. The Kier molecular flexibility index (Phi) is 6.61. The maximum Gasteiger partial charge on any atom is 0.278 e. The van der Waals surface area contributed by atoms with Crippen LogP contribution in [-0.4, -0.2) is 78.8 Å². The molecule has 6 rings (SSSR count). The van der Waals surface area contributed by atoms with Gasteiger partial charge in [-0.05, 0) is 58.2 Å². The quantitative estimate of drug-likeness (QED) is 0.363. The molecule has 1 saturated heterocycles. The fourth-order valence-electron chi connectivity index (χ4n) is 5.38. The lowest BCUT2D eigenvalue weighted by Gasteiger charge is -2.34. The summed E-state index contributed by atoms with van der Waals surface area (Å²) in [4.78, 5) is 47.0. The maximum absolute atomic E-state index is 13.4. The van der Waals surface area contributed by atoms with Gasteiger partial charge in [-0.3, -0.25) is 9.59 Å². The molecule has 11 heteroatoms. The number of hydrogen-bond donors (Lipinski definition) is 1. The summed E-state index contributed by atoms with van der Waals surface area (Å²) in [5, 5.41) is 3.62. The molecule has 1 aromatic carbocycles. The number of nitrogens with one attached hydrogen (secondary N) is 1. The first-order chi connectivity index (χ1) is 19.6. The van der Waals surface area contributed by atoms with Crippen LogP contribution in [0.3, 0.4) is 0 Å². The van der Waals surface area contributed by atoms with Gasteiger partial charge >= 0.3 is 0 Å². The number of anilines is 3. The van der Waals surface area contributed by atoms with E-state index in [1.54, 1.807) is 15.7 Å². The van der Waals surface area contributed by atoms with E-state index in [1.807, 2.05) is 45.0 Å². The SMILES string of the molecule is C=CCn1c(=O)c2cnc(Nc3ccc(N4CCN(C)CC4)cc3)nc2n1-c1ccc2c(n1)C(=O)N(C(C)(C)C)C2. The molecule has 0 saturated carbocycles. The van der Waals surface area contributed by atoms with Crippen LogP contribution in [0.1, 0.15) is 36.8 Å². The highest BCUT2D eigenvalue weighted by Crippen LogP contribution is 2.29. The van der Waals surface area contributed by atoms with Gasteiger partial charge in [0.15, 0.2) is 11.5 Å². The number of likely N-dealkylation sites (N-methyl/N-ethyl adjacent to an activating group) is 1. The lowest BCUT2D eigenvalue weighted by molar-refractivity contribution is 0.0605. The Hall–Kier alpha value is -4.51. The summed E-state index contributed by atoms with van der Waals surface area (Å²) in [5.74, 6) is 0.661. The van der Waals surface area contributed by atoms with Gasteiger partial charge in [0.1, 0.15) is 11.1 Å². The van der Waals surface area contributed by atoms with Gasteiger partial charge in [-0.2, -0.15) is 4.98 Å². The van der Waals surface area contributed by atoms with Crippen LogP contribution in [0.25, 0.3) is 16.9 Å². The Labute approximate surface area is 238 Å². The summed E-state index contributed by atoms with van der Waals surface area (Å²) < 4.78 is 3.16. The Morgan fingerprint density at radius 3 is 2.41 bits per heavy atom. The summed E-state index contributed by atoms with van der Waals surface area (Å²) in [6.45, 7) is 14.7. The fraction of sp³-hybridized carbons (Fsp3) is 0.367. The highest BCUT2D eigenvalue weighted by atomic mass is 16.2. The van der Waals surface area contributed by atoms with E-state index >= 15 is 0 Å². The van der Waals surface area contributed by atoms with E-state index in [4.69, 9.17) is 9.97 Å². The number of fused-ring (bicyclic) bond motifs is 2. The van der Waals surface area contributed by atoms with Crippen LogP contribution in [-0.2, 0) is 13.1 Å². The average Bonchev–Trinajstić information content (AvgIpc) is 3.43. The molecule has 2 aliphatic rings. The zero-order chi connectivity index (χ0) is 28.9. The number of rotatable bonds is 6. The third-order valence-corrected chi connectivity index (χ3v) is 7.74. The van der Waals surface area contributed by atoms with Gasteiger partial charge in [0, 0.05) is 61.4 Å². The predicted molar refractivity (Wildman–Crippen MR) is 160 cm³/mol. The van der Waals surface area contributed by atoms with Crippen molar-refractivity contribution in [2.24, 2.45) is 0 Å². The molecule has 41 heavy (non-hydrogen) atoms. The molecule has 11 nitrogen and oxygen atoms in total. The minimum absolute atomic E-state index is 0.125. The minimum Gasteiger partial charge on any atom is -0.369 e. The molecule has 212 valence electrons. The number of allylic oxidation sites excluding steroid dienone is 1. The number of hydrogen-bond acceptors (Lipinski definition) is 8. The van der Waals surface area contributed by atoms with E-state index in [0.29, 0.717) is 35.0 Å². The number of piperazine rings is 1. The normalized spacial score (nSPS) is 16.0. The van der Waals surface area contributed by atoms with Crippen molar-refractivity contribution in [3.63, 3.8) is 0 Å². The van der Waals surface area contributed by atoms with Crippen LogP contribution >= 0.6 is 0 Å². The fourth-order valence-corrected chi connectivity index (χ4v) is 5.38. The minimum atomic E-state index is -0.334. The number of aromatic nitrogens is 5. The van der Waals surface area contributed by atoms with Crippen LogP contribution in [0.5, 0.6) is 0 Å². The average molecular weight is 554 g/mol. The smallest absolute Gasteiger partial charge is 0.278 e. The van der Waals surface area contributed by atoms with E-state index in [9.17, 15) is 9.59 Å². The molecule has 0 bridgehead atoms. The maximum atomic E-state index is 13.4. The first-order valence-corrected chi connectivity index (χ1v) is 13.9. The molecule has 3 aromatic heterocycles. The van der Waals surface area contributed by atoms with E-state index < -0.39 is 0 Å². The summed E-state index contributed by atoms with van der Waals surface area (Å²) in [6, 6.07) is 11.9. The van der Waals surface area contributed by atoms with Crippen molar-refractivity contribution in [2.75, 3.05) is 43.4 Å². The third kappa shape index (κ3) is 4.86. The molecule has 5 heterocycles. The van der Waals surface area contributed by atoms with Crippen molar-refractivity contribution >= 4 is 34.3 Å². The first-order valence-electron chi connectivity index (χ1n) is 13.9. The number of carbonyl (C=O) groups excluding carboxylic acids is 1. The van der Waals surface area contributed by atoms with Gasteiger partial charge in [0.2, 0.25) is 5.95 Å². The number of amides is 1. The zero-order valence-corrected chi connectivity index (χ0v) is 24.0. The molecule has 0 unspecified atom stereocenters. The molecule has 1 N–H and O–H groups in total. The van der Waals surface area contributed by atoms with Gasteiger partial charge in [0.25, 0.3) is 11.5 Å². The van der Waals surface area contributed by atoms with E-state index in [-0.39, 0.29) is 23.6 Å². The molecular weight excluding hydrogens is 518 g/mol. The Balaban J connectivity index is 1.35. The van der Waals surface area contributed by atoms with Crippen LogP contribution in [0.4, 0.5) is 17.3 Å². The van der Waals surface area contributed by atoms with Crippen LogP contribution in [0, 0.1) is 0 Å². The lowest BCUT2D eigenvalue weighted by atomic mass is 10.1. The standard InChI is InChI=1S/C30H35N9O2/c1-6-13-38-27(40)23-18-31-29(32-21-8-10-22(11-9-21)36-16-14-35(5)15-17-36)34-26(23)39(38)24-12-7-20-19-37(30(2,3)4)28(41)25(20)33-24/h6-12,18H,1,13-17,19H2,2-5H3,(H,31,32,34). The van der Waals surface area contributed by atoms with Gasteiger partial charge < -0.3 is 20.0 Å². The van der Waals surface area contributed by atoms with Crippen LogP contribution in [0.2, 0.25) is 0 Å². The second kappa shape index (κ2) is 10.2. The van der Waals surface area contributed by atoms with Gasteiger partial charge in [-0.25, -0.2) is 19.3 Å². The third-order valence-electron chi connectivity index (χ3n) is 7.74. The highest BCUT2D eigenvalue weighted by Gasteiger charge is 2.36. The zero-order valence-electron chi connectivity index (χ0n) is 24.0. The lowest BCUT2D eigenvalue weighted by Crippen LogP contribution is -2.44. The second-order valence-corrected chi connectivity index (χ2v) is 11.6. The van der Waals surface area contributed by atoms with Crippen LogP contribution < -0.4 is 15.8 Å². The van der Waals surface area contributed by atoms with Crippen molar-refractivity contribution in [3.8, 4) is 5.82 Å². The molecule has 0 atom stereocenters. The Morgan fingerprint density at radius 1 is 1.00 bits per heavy atom. The van der Waals surface area contributed by atoms with Crippen LogP contribution in [0.15, 0.2) is 60.0 Å².